The van der Waals surface area contributed by atoms with E-state index in [9.17, 15) is 14.4 Å². The summed E-state index contributed by atoms with van der Waals surface area (Å²) in [7, 11) is 0. The first-order chi connectivity index (χ1) is 13.0. The SMILES string of the molecule is O=C(CCN1C(=O)c2ccccc2C1=O)NCc1cn2c(Cl)cccc2n1. The van der Waals surface area contributed by atoms with Gasteiger partial charge in [0.1, 0.15) is 10.8 Å². The Morgan fingerprint density at radius 2 is 1.74 bits per heavy atom. The fourth-order valence-electron chi connectivity index (χ4n) is 3.05. The first kappa shape index (κ1) is 17.2. The summed E-state index contributed by atoms with van der Waals surface area (Å²) in [6, 6.07) is 12.0. The van der Waals surface area contributed by atoms with E-state index in [4.69, 9.17) is 11.6 Å². The number of pyridine rings is 1. The Morgan fingerprint density at radius 1 is 1.04 bits per heavy atom. The van der Waals surface area contributed by atoms with E-state index in [2.05, 4.69) is 10.3 Å². The summed E-state index contributed by atoms with van der Waals surface area (Å²) in [4.78, 5) is 42.2. The highest BCUT2D eigenvalue weighted by Crippen LogP contribution is 2.22. The van der Waals surface area contributed by atoms with Crippen LogP contribution in [0.15, 0.2) is 48.7 Å². The predicted molar refractivity (Wildman–Crippen MR) is 98.5 cm³/mol. The molecule has 0 saturated heterocycles. The lowest BCUT2D eigenvalue weighted by atomic mass is 10.1. The van der Waals surface area contributed by atoms with Gasteiger partial charge >= 0.3 is 0 Å². The summed E-state index contributed by atoms with van der Waals surface area (Å²) in [6.45, 7) is 0.272. The molecule has 3 amide bonds. The van der Waals surface area contributed by atoms with Gasteiger partial charge in [-0.25, -0.2) is 4.98 Å². The molecule has 3 aromatic rings. The molecule has 7 nitrogen and oxygen atoms in total. The second-order valence-corrected chi connectivity index (χ2v) is 6.53. The lowest BCUT2D eigenvalue weighted by Gasteiger charge is -2.13. The van der Waals surface area contributed by atoms with Crippen molar-refractivity contribution in [3.8, 4) is 0 Å². The number of aromatic nitrogens is 2. The van der Waals surface area contributed by atoms with Crippen LogP contribution >= 0.6 is 11.6 Å². The van der Waals surface area contributed by atoms with Crippen molar-refractivity contribution >= 4 is 35.0 Å². The normalized spacial score (nSPS) is 13.3. The minimum absolute atomic E-state index is 0.0274. The molecule has 1 aliphatic rings. The van der Waals surface area contributed by atoms with Crippen LogP contribution in [0, 0.1) is 0 Å². The molecule has 0 radical (unpaired) electrons. The quantitative estimate of drug-likeness (QED) is 0.542. The Hall–Kier alpha value is -3.19. The maximum absolute atomic E-state index is 12.3. The van der Waals surface area contributed by atoms with E-state index in [1.807, 2.05) is 6.07 Å². The number of imide groups is 1. The molecule has 0 spiro atoms. The molecule has 0 saturated carbocycles. The van der Waals surface area contributed by atoms with Crippen LogP contribution < -0.4 is 5.32 Å². The van der Waals surface area contributed by atoms with Gasteiger partial charge in [0.25, 0.3) is 11.8 Å². The van der Waals surface area contributed by atoms with Crippen molar-refractivity contribution in [3.63, 3.8) is 0 Å². The molecular weight excluding hydrogens is 368 g/mol. The smallest absolute Gasteiger partial charge is 0.261 e. The molecule has 8 heteroatoms. The van der Waals surface area contributed by atoms with Crippen molar-refractivity contribution in [2.24, 2.45) is 0 Å². The van der Waals surface area contributed by atoms with Gasteiger partial charge in [-0.15, -0.1) is 0 Å². The Kier molecular flexibility index (Phi) is 4.37. The van der Waals surface area contributed by atoms with Crippen LogP contribution in [-0.2, 0) is 11.3 Å². The van der Waals surface area contributed by atoms with Crippen LogP contribution in [0.5, 0.6) is 0 Å². The third kappa shape index (κ3) is 3.17. The van der Waals surface area contributed by atoms with Crippen molar-refractivity contribution in [3.05, 3.63) is 70.6 Å². The summed E-state index contributed by atoms with van der Waals surface area (Å²) in [6.07, 6.45) is 1.78. The average molecular weight is 383 g/mol. The zero-order chi connectivity index (χ0) is 19.0. The molecule has 1 N–H and O–H groups in total. The number of benzene rings is 1. The van der Waals surface area contributed by atoms with Crippen molar-refractivity contribution in [2.75, 3.05) is 6.54 Å². The highest BCUT2D eigenvalue weighted by atomic mass is 35.5. The number of halogens is 1. The number of nitrogens with one attached hydrogen (secondary N) is 1. The molecule has 0 bridgehead atoms. The van der Waals surface area contributed by atoms with E-state index in [0.29, 0.717) is 27.6 Å². The molecule has 0 unspecified atom stereocenters. The van der Waals surface area contributed by atoms with Crippen molar-refractivity contribution in [1.29, 1.82) is 0 Å². The Labute approximate surface area is 159 Å². The van der Waals surface area contributed by atoms with E-state index in [1.165, 1.54) is 0 Å². The van der Waals surface area contributed by atoms with Crippen LogP contribution in [0.3, 0.4) is 0 Å². The topological polar surface area (TPSA) is 83.8 Å². The standard InChI is InChI=1S/C19H15ClN4O3/c20-15-6-3-7-16-22-12(11-24(15)16)10-21-17(25)8-9-23-18(26)13-4-1-2-5-14(13)19(23)27/h1-7,11H,8-10H2,(H,21,25). The number of imidazole rings is 1. The molecule has 1 aromatic carbocycles. The minimum Gasteiger partial charge on any atom is -0.350 e. The number of carbonyl (C=O) groups excluding carboxylic acids is 3. The average Bonchev–Trinajstić information content (AvgIpc) is 3.20. The molecule has 2 aromatic heterocycles. The summed E-state index contributed by atoms with van der Waals surface area (Å²) in [5.41, 5.74) is 2.11. The fourth-order valence-corrected chi connectivity index (χ4v) is 3.25. The number of hydrogen-bond donors (Lipinski definition) is 1. The number of carbonyl (C=O) groups is 3. The molecule has 136 valence electrons. The van der Waals surface area contributed by atoms with Gasteiger partial charge in [-0.05, 0) is 24.3 Å². The van der Waals surface area contributed by atoms with E-state index in [1.54, 1.807) is 47.0 Å². The van der Waals surface area contributed by atoms with Crippen LogP contribution in [0.25, 0.3) is 5.65 Å². The largest absolute Gasteiger partial charge is 0.350 e. The minimum atomic E-state index is -0.363. The van der Waals surface area contributed by atoms with Gasteiger partial charge in [0, 0.05) is 19.2 Å². The molecular formula is C19H15ClN4O3. The summed E-state index contributed by atoms with van der Waals surface area (Å²) < 4.78 is 1.72. The summed E-state index contributed by atoms with van der Waals surface area (Å²) in [5, 5.41) is 3.28. The highest BCUT2D eigenvalue weighted by molar-refractivity contribution is 6.29. The molecule has 1 aliphatic heterocycles. The molecule has 27 heavy (non-hydrogen) atoms. The third-order valence-electron chi connectivity index (χ3n) is 4.40. The van der Waals surface area contributed by atoms with Crippen molar-refractivity contribution in [2.45, 2.75) is 13.0 Å². The maximum Gasteiger partial charge on any atom is 0.261 e. The number of nitrogens with zero attached hydrogens (tertiary/aromatic N) is 3. The Morgan fingerprint density at radius 3 is 2.41 bits per heavy atom. The van der Waals surface area contributed by atoms with Gasteiger partial charge in [0.15, 0.2) is 0 Å². The lowest BCUT2D eigenvalue weighted by molar-refractivity contribution is -0.121. The zero-order valence-corrected chi connectivity index (χ0v) is 14.9. The van der Waals surface area contributed by atoms with Gasteiger partial charge in [0.2, 0.25) is 5.91 Å². The van der Waals surface area contributed by atoms with E-state index in [-0.39, 0.29) is 37.2 Å². The van der Waals surface area contributed by atoms with Gasteiger partial charge in [0.05, 0.1) is 23.4 Å². The van der Waals surface area contributed by atoms with Gasteiger partial charge < -0.3 is 5.32 Å². The third-order valence-corrected chi connectivity index (χ3v) is 4.71. The van der Waals surface area contributed by atoms with Crippen molar-refractivity contribution in [1.82, 2.24) is 19.6 Å². The monoisotopic (exact) mass is 382 g/mol. The molecule has 3 heterocycles. The number of fused-ring (bicyclic) bond motifs is 2. The van der Waals surface area contributed by atoms with Crippen LogP contribution in [0.2, 0.25) is 5.15 Å². The number of rotatable bonds is 5. The summed E-state index contributed by atoms with van der Waals surface area (Å²) >= 11 is 6.09. The maximum atomic E-state index is 12.3. The number of amides is 3. The predicted octanol–water partition coefficient (Wildman–Crippen LogP) is 2.29. The molecule has 4 rings (SSSR count). The van der Waals surface area contributed by atoms with Gasteiger partial charge in [-0.2, -0.15) is 0 Å². The van der Waals surface area contributed by atoms with E-state index >= 15 is 0 Å². The second kappa shape index (κ2) is 6.85. The Balaban J connectivity index is 1.34. The highest BCUT2D eigenvalue weighted by Gasteiger charge is 2.34. The first-order valence-electron chi connectivity index (χ1n) is 8.39. The van der Waals surface area contributed by atoms with E-state index in [0.717, 1.165) is 4.90 Å². The molecule has 0 atom stereocenters. The summed E-state index contributed by atoms with van der Waals surface area (Å²) in [5.74, 6) is -0.994. The van der Waals surface area contributed by atoms with E-state index < -0.39 is 0 Å². The van der Waals surface area contributed by atoms with Crippen molar-refractivity contribution < 1.29 is 14.4 Å². The lowest BCUT2D eigenvalue weighted by Crippen LogP contribution is -2.34. The van der Waals surface area contributed by atoms with Crippen LogP contribution in [-0.4, -0.2) is 38.6 Å². The fraction of sp³-hybridized carbons (Fsp3) is 0.158. The second-order valence-electron chi connectivity index (χ2n) is 6.14. The molecule has 0 fully saturated rings. The number of hydrogen-bond acceptors (Lipinski definition) is 4. The van der Waals surface area contributed by atoms with Gasteiger partial charge in [-0.3, -0.25) is 23.7 Å². The Bertz CT molecular complexity index is 1040. The molecule has 0 aliphatic carbocycles. The first-order valence-corrected chi connectivity index (χ1v) is 8.77. The van der Waals surface area contributed by atoms with Crippen LogP contribution in [0.1, 0.15) is 32.8 Å². The van der Waals surface area contributed by atoms with Gasteiger partial charge in [-0.1, -0.05) is 29.8 Å². The zero-order valence-electron chi connectivity index (χ0n) is 14.2. The van der Waals surface area contributed by atoms with Crippen LogP contribution in [0.4, 0.5) is 0 Å².